The lowest BCUT2D eigenvalue weighted by molar-refractivity contribution is -0.152. The molecule has 2 aromatic heterocycles. The van der Waals surface area contributed by atoms with Crippen molar-refractivity contribution in [2.75, 3.05) is 0 Å². The monoisotopic (exact) mass is 334 g/mol. The van der Waals surface area contributed by atoms with E-state index in [4.69, 9.17) is 4.74 Å². The summed E-state index contributed by atoms with van der Waals surface area (Å²) in [7, 11) is 3.20. The Morgan fingerprint density at radius 1 is 1.33 bits per heavy atom. The zero-order chi connectivity index (χ0) is 17.4. The predicted molar refractivity (Wildman–Crippen MR) is 87.7 cm³/mol. The van der Waals surface area contributed by atoms with Crippen molar-refractivity contribution in [1.82, 2.24) is 18.7 Å². The Morgan fingerprint density at radius 2 is 2.08 bits per heavy atom. The molecule has 0 bridgehead atoms. The highest BCUT2D eigenvalue weighted by molar-refractivity contribution is 5.72. The Bertz CT molecular complexity index is 892. The van der Waals surface area contributed by atoms with Gasteiger partial charge in [0.15, 0.2) is 11.2 Å². The molecule has 1 aliphatic carbocycles. The van der Waals surface area contributed by atoms with Crippen molar-refractivity contribution in [3.63, 3.8) is 0 Å². The zero-order valence-electron chi connectivity index (χ0n) is 14.2. The maximum absolute atomic E-state index is 12.5. The Balaban J connectivity index is 1.87. The van der Waals surface area contributed by atoms with Crippen LogP contribution in [0.3, 0.4) is 0 Å². The molecule has 2 heterocycles. The van der Waals surface area contributed by atoms with Crippen LogP contribution in [0.2, 0.25) is 0 Å². The first-order valence-electron chi connectivity index (χ1n) is 8.18. The summed E-state index contributed by atoms with van der Waals surface area (Å²) in [5.41, 5.74) is -0.503. The van der Waals surface area contributed by atoms with Gasteiger partial charge in [-0.1, -0.05) is 13.3 Å². The second-order valence-corrected chi connectivity index (χ2v) is 6.64. The quantitative estimate of drug-likeness (QED) is 0.765. The Morgan fingerprint density at radius 3 is 2.79 bits per heavy atom. The van der Waals surface area contributed by atoms with Gasteiger partial charge in [-0.15, -0.1) is 0 Å². The third-order valence-corrected chi connectivity index (χ3v) is 4.67. The minimum Gasteiger partial charge on any atom is -0.461 e. The normalized spacial score (nSPS) is 21.1. The summed E-state index contributed by atoms with van der Waals surface area (Å²) in [6, 6.07) is 0. The second kappa shape index (κ2) is 6.26. The zero-order valence-corrected chi connectivity index (χ0v) is 14.2. The molecular formula is C16H22N4O4. The number of esters is 1. The van der Waals surface area contributed by atoms with E-state index in [1.165, 1.54) is 17.9 Å². The predicted octanol–water partition coefficient (Wildman–Crippen LogP) is 0.556. The van der Waals surface area contributed by atoms with Gasteiger partial charge < -0.3 is 9.30 Å². The Hall–Kier alpha value is -2.38. The number of carbonyl (C=O) groups excluding carboxylic acids is 1. The molecule has 24 heavy (non-hydrogen) atoms. The number of aryl methyl sites for hydroxylation is 2. The number of ether oxygens (including phenoxy) is 1. The maximum atomic E-state index is 12.5. The van der Waals surface area contributed by atoms with Crippen LogP contribution in [-0.4, -0.2) is 30.8 Å². The average Bonchev–Trinajstić information content (AvgIpc) is 2.91. The first-order valence-corrected chi connectivity index (χ1v) is 8.18. The SMILES string of the molecule is CC1CCCC(OC(=O)Cn2c(=O)c3c(ncn3C)n(C)c2=O)C1. The fourth-order valence-electron chi connectivity index (χ4n) is 3.37. The van der Waals surface area contributed by atoms with Crippen LogP contribution in [0.5, 0.6) is 0 Å². The average molecular weight is 334 g/mol. The first kappa shape index (κ1) is 16.5. The molecule has 0 N–H and O–H groups in total. The van der Waals surface area contributed by atoms with Crippen molar-refractivity contribution >= 4 is 17.1 Å². The van der Waals surface area contributed by atoms with E-state index in [2.05, 4.69) is 11.9 Å². The van der Waals surface area contributed by atoms with Crippen LogP contribution in [0.1, 0.15) is 32.6 Å². The smallest absolute Gasteiger partial charge is 0.333 e. The molecule has 0 aromatic carbocycles. The van der Waals surface area contributed by atoms with Crippen molar-refractivity contribution in [3.8, 4) is 0 Å². The molecular weight excluding hydrogens is 312 g/mol. The van der Waals surface area contributed by atoms with Crippen molar-refractivity contribution < 1.29 is 9.53 Å². The number of nitrogens with zero attached hydrogens (tertiary/aromatic N) is 4. The Labute approximate surface area is 138 Å². The van der Waals surface area contributed by atoms with Crippen molar-refractivity contribution in [2.45, 2.75) is 45.3 Å². The van der Waals surface area contributed by atoms with Crippen LogP contribution in [0.4, 0.5) is 0 Å². The summed E-state index contributed by atoms with van der Waals surface area (Å²) in [6.45, 7) is 1.76. The van der Waals surface area contributed by atoms with Gasteiger partial charge in [0.1, 0.15) is 12.6 Å². The highest BCUT2D eigenvalue weighted by Gasteiger charge is 2.23. The summed E-state index contributed by atoms with van der Waals surface area (Å²) in [5.74, 6) is -0.0206. The van der Waals surface area contributed by atoms with Gasteiger partial charge in [-0.25, -0.2) is 14.3 Å². The highest BCUT2D eigenvalue weighted by atomic mass is 16.5. The summed E-state index contributed by atoms with van der Waals surface area (Å²) in [6.07, 6.45) is 5.19. The highest BCUT2D eigenvalue weighted by Crippen LogP contribution is 2.25. The number of hydrogen-bond donors (Lipinski definition) is 0. The van der Waals surface area contributed by atoms with E-state index in [9.17, 15) is 14.4 Å². The molecule has 8 nitrogen and oxygen atoms in total. The first-order chi connectivity index (χ1) is 11.4. The van der Waals surface area contributed by atoms with Gasteiger partial charge in [0, 0.05) is 14.1 Å². The van der Waals surface area contributed by atoms with Gasteiger partial charge in [0.2, 0.25) is 0 Å². The molecule has 0 saturated heterocycles. The fraction of sp³-hybridized carbons (Fsp3) is 0.625. The maximum Gasteiger partial charge on any atom is 0.333 e. The lowest BCUT2D eigenvalue weighted by atomic mass is 9.89. The van der Waals surface area contributed by atoms with Crippen molar-refractivity contribution in [1.29, 1.82) is 0 Å². The molecule has 2 atom stereocenters. The van der Waals surface area contributed by atoms with Gasteiger partial charge in [0.05, 0.1) is 6.33 Å². The van der Waals surface area contributed by atoms with Crippen LogP contribution in [0.25, 0.3) is 11.2 Å². The molecule has 0 spiro atoms. The summed E-state index contributed by atoms with van der Waals surface area (Å²) < 4.78 is 9.20. The number of fused-ring (bicyclic) bond motifs is 1. The van der Waals surface area contributed by atoms with E-state index < -0.39 is 17.2 Å². The lowest BCUT2D eigenvalue weighted by Gasteiger charge is -2.26. The van der Waals surface area contributed by atoms with Crippen LogP contribution in [-0.2, 0) is 30.2 Å². The fourth-order valence-corrected chi connectivity index (χ4v) is 3.37. The molecule has 3 rings (SSSR count). The van der Waals surface area contributed by atoms with Gasteiger partial charge in [-0.05, 0) is 25.2 Å². The molecule has 0 radical (unpaired) electrons. The third-order valence-electron chi connectivity index (χ3n) is 4.67. The minimum absolute atomic E-state index is 0.124. The van der Waals surface area contributed by atoms with E-state index in [1.54, 1.807) is 11.6 Å². The molecule has 0 aliphatic heterocycles. The Kier molecular flexibility index (Phi) is 4.29. The molecule has 8 heteroatoms. The van der Waals surface area contributed by atoms with Gasteiger partial charge in [0.25, 0.3) is 5.56 Å². The van der Waals surface area contributed by atoms with E-state index in [1.807, 2.05) is 0 Å². The molecule has 1 fully saturated rings. The second-order valence-electron chi connectivity index (χ2n) is 6.64. The summed E-state index contributed by atoms with van der Waals surface area (Å²) in [5, 5.41) is 0. The molecule has 130 valence electrons. The van der Waals surface area contributed by atoms with Crippen molar-refractivity contribution in [2.24, 2.45) is 20.0 Å². The number of carbonyl (C=O) groups is 1. The summed E-state index contributed by atoms with van der Waals surface area (Å²) in [4.78, 5) is 41.2. The third kappa shape index (κ3) is 2.88. The number of imidazole rings is 1. The van der Waals surface area contributed by atoms with E-state index >= 15 is 0 Å². The molecule has 1 saturated carbocycles. The number of aromatic nitrogens is 4. The van der Waals surface area contributed by atoms with Gasteiger partial charge in [-0.3, -0.25) is 14.2 Å². The van der Waals surface area contributed by atoms with Crippen LogP contribution >= 0.6 is 0 Å². The van der Waals surface area contributed by atoms with E-state index in [0.717, 1.165) is 30.3 Å². The minimum atomic E-state index is -0.569. The standard InChI is InChI=1S/C16H22N4O4/c1-10-5-4-6-11(7-10)24-12(21)8-20-15(22)13-14(17-9-18(13)2)19(3)16(20)23/h9-11H,4-8H2,1-3H3. The molecule has 1 aliphatic rings. The van der Waals surface area contributed by atoms with E-state index in [-0.39, 0.29) is 18.2 Å². The van der Waals surface area contributed by atoms with Gasteiger partial charge >= 0.3 is 11.7 Å². The van der Waals surface area contributed by atoms with Gasteiger partial charge in [-0.2, -0.15) is 0 Å². The van der Waals surface area contributed by atoms with Crippen LogP contribution in [0, 0.1) is 5.92 Å². The number of hydrogen-bond acceptors (Lipinski definition) is 5. The topological polar surface area (TPSA) is 88.1 Å². The van der Waals surface area contributed by atoms with Crippen molar-refractivity contribution in [3.05, 3.63) is 27.2 Å². The largest absolute Gasteiger partial charge is 0.461 e. The number of rotatable bonds is 3. The summed E-state index contributed by atoms with van der Waals surface area (Å²) >= 11 is 0. The van der Waals surface area contributed by atoms with E-state index in [0.29, 0.717) is 11.6 Å². The molecule has 2 unspecified atom stereocenters. The van der Waals surface area contributed by atoms with Crippen LogP contribution in [0.15, 0.2) is 15.9 Å². The lowest BCUT2D eigenvalue weighted by Crippen LogP contribution is -2.42. The molecule has 0 amide bonds. The van der Waals surface area contributed by atoms with Crippen LogP contribution < -0.4 is 11.2 Å². The molecule has 2 aromatic rings.